The van der Waals surface area contributed by atoms with Crippen molar-refractivity contribution in [1.29, 1.82) is 0 Å². The number of halogens is 2. The van der Waals surface area contributed by atoms with E-state index in [1.165, 1.54) is 18.2 Å². The van der Waals surface area contributed by atoms with Crippen molar-refractivity contribution in [1.82, 2.24) is 5.32 Å². The van der Waals surface area contributed by atoms with Crippen LogP contribution >= 0.6 is 28.1 Å². The van der Waals surface area contributed by atoms with Gasteiger partial charge in [-0.25, -0.2) is 4.39 Å². The van der Waals surface area contributed by atoms with Crippen LogP contribution in [0, 0.1) is 11.7 Å². The van der Waals surface area contributed by atoms with Gasteiger partial charge in [0, 0.05) is 16.9 Å². The van der Waals surface area contributed by atoms with Crippen molar-refractivity contribution < 1.29 is 9.18 Å². The molecule has 0 heterocycles. The zero-order valence-corrected chi connectivity index (χ0v) is 11.6. The first-order chi connectivity index (χ1) is 7.91. The third-order valence-corrected chi connectivity index (χ3v) is 3.12. The van der Waals surface area contributed by atoms with E-state index in [1.54, 1.807) is 6.92 Å². The van der Waals surface area contributed by atoms with Gasteiger partial charge >= 0.3 is 0 Å². The number of thiocarbonyl (C=S) groups is 1. The van der Waals surface area contributed by atoms with E-state index >= 15 is 0 Å². The van der Waals surface area contributed by atoms with Gasteiger partial charge in [-0.1, -0.05) is 35.1 Å². The number of carbonyl (C=O) groups is 1. The van der Waals surface area contributed by atoms with E-state index in [4.69, 9.17) is 18.0 Å². The molecule has 1 amide bonds. The molecule has 0 aliphatic carbocycles. The first-order valence-electron chi connectivity index (χ1n) is 4.94. The zero-order valence-electron chi connectivity index (χ0n) is 9.17. The number of hydrogen-bond donors (Lipinski definition) is 2. The molecule has 0 spiro atoms. The Morgan fingerprint density at radius 3 is 2.88 bits per heavy atom. The molecule has 1 aromatic carbocycles. The Kier molecular flexibility index (Phi) is 5.02. The minimum absolute atomic E-state index is 0.00508. The Hall–Kier alpha value is -1.01. The predicted octanol–water partition coefficient (Wildman–Crippen LogP) is 2.24. The summed E-state index contributed by atoms with van der Waals surface area (Å²) in [5, 5.41) is 2.58. The third kappa shape index (κ3) is 4.05. The summed E-state index contributed by atoms with van der Waals surface area (Å²) in [6, 6.07) is 4.19. The second kappa shape index (κ2) is 6.07. The lowest BCUT2D eigenvalue weighted by Crippen LogP contribution is -2.34. The average molecular weight is 319 g/mol. The monoisotopic (exact) mass is 318 g/mol. The molecule has 0 radical (unpaired) electrons. The van der Waals surface area contributed by atoms with Crippen LogP contribution in [0.4, 0.5) is 4.39 Å². The van der Waals surface area contributed by atoms with Crippen LogP contribution in [0.3, 0.4) is 0 Å². The molecule has 1 aromatic rings. The molecule has 92 valence electrons. The maximum absolute atomic E-state index is 13.4. The van der Waals surface area contributed by atoms with Crippen LogP contribution in [0.25, 0.3) is 0 Å². The Morgan fingerprint density at radius 2 is 2.29 bits per heavy atom. The Labute approximate surface area is 113 Å². The maximum Gasteiger partial charge on any atom is 0.254 e. The van der Waals surface area contributed by atoms with Gasteiger partial charge in [0.1, 0.15) is 5.82 Å². The predicted molar refractivity (Wildman–Crippen MR) is 72.4 cm³/mol. The van der Waals surface area contributed by atoms with Gasteiger partial charge in [-0.15, -0.1) is 0 Å². The molecule has 6 heteroatoms. The summed E-state index contributed by atoms with van der Waals surface area (Å²) in [5.74, 6) is -1.16. The van der Waals surface area contributed by atoms with E-state index in [2.05, 4.69) is 21.2 Å². The number of amides is 1. The molecular formula is C11H12BrFN2OS. The van der Waals surface area contributed by atoms with Crippen molar-refractivity contribution in [2.24, 2.45) is 11.7 Å². The van der Waals surface area contributed by atoms with Gasteiger partial charge in [0.15, 0.2) is 0 Å². The van der Waals surface area contributed by atoms with E-state index in [0.29, 0.717) is 16.0 Å². The van der Waals surface area contributed by atoms with Crippen LogP contribution in [0.15, 0.2) is 22.7 Å². The van der Waals surface area contributed by atoms with E-state index in [1.807, 2.05) is 0 Å². The molecule has 3 N–H and O–H groups in total. The third-order valence-electron chi connectivity index (χ3n) is 2.23. The van der Waals surface area contributed by atoms with Crippen molar-refractivity contribution >= 4 is 39.0 Å². The summed E-state index contributed by atoms with van der Waals surface area (Å²) in [6.45, 7) is 2.08. The van der Waals surface area contributed by atoms with E-state index in [9.17, 15) is 9.18 Å². The molecule has 1 rings (SSSR count). The van der Waals surface area contributed by atoms with Crippen LogP contribution in [0.2, 0.25) is 0 Å². The molecule has 0 fully saturated rings. The van der Waals surface area contributed by atoms with Gasteiger partial charge in [0.25, 0.3) is 5.91 Å². The lowest BCUT2D eigenvalue weighted by molar-refractivity contribution is 0.0947. The summed E-state index contributed by atoms with van der Waals surface area (Å²) >= 11 is 7.96. The van der Waals surface area contributed by atoms with Gasteiger partial charge in [-0.3, -0.25) is 4.79 Å². The zero-order chi connectivity index (χ0) is 13.0. The molecule has 0 aliphatic heterocycles. The van der Waals surface area contributed by atoms with Crippen molar-refractivity contribution in [3.63, 3.8) is 0 Å². The van der Waals surface area contributed by atoms with Crippen molar-refractivity contribution in [2.75, 3.05) is 6.54 Å². The highest BCUT2D eigenvalue weighted by atomic mass is 79.9. The SMILES string of the molecule is CC(CNC(=O)c1cc(Br)ccc1F)C(N)=S. The fourth-order valence-corrected chi connectivity index (χ4v) is 1.56. The molecule has 3 nitrogen and oxygen atoms in total. The molecule has 0 saturated heterocycles. The Bertz CT molecular complexity index is 453. The number of rotatable bonds is 4. The van der Waals surface area contributed by atoms with Gasteiger partial charge in [-0.2, -0.15) is 0 Å². The highest BCUT2D eigenvalue weighted by molar-refractivity contribution is 9.10. The van der Waals surface area contributed by atoms with Gasteiger partial charge < -0.3 is 11.1 Å². The summed E-state index contributed by atoms with van der Waals surface area (Å²) in [7, 11) is 0. The Balaban J connectivity index is 2.70. The van der Waals surface area contributed by atoms with Crippen molar-refractivity contribution in [3.05, 3.63) is 34.1 Å². The summed E-state index contributed by atoms with van der Waals surface area (Å²) in [4.78, 5) is 12.0. The molecule has 0 aliphatic rings. The molecule has 1 atom stereocenters. The number of benzene rings is 1. The van der Waals surface area contributed by atoms with Crippen LogP contribution in [0.1, 0.15) is 17.3 Å². The lowest BCUT2D eigenvalue weighted by atomic mass is 10.1. The summed E-state index contributed by atoms with van der Waals surface area (Å²) in [6.07, 6.45) is 0. The summed E-state index contributed by atoms with van der Waals surface area (Å²) in [5.41, 5.74) is 5.41. The van der Waals surface area contributed by atoms with Crippen LogP contribution in [-0.4, -0.2) is 17.4 Å². The van der Waals surface area contributed by atoms with Crippen molar-refractivity contribution in [3.8, 4) is 0 Å². The molecule has 1 unspecified atom stereocenters. The first-order valence-corrected chi connectivity index (χ1v) is 6.14. The molecule has 0 aromatic heterocycles. The summed E-state index contributed by atoms with van der Waals surface area (Å²) < 4.78 is 14.0. The standard InChI is InChI=1S/C11H12BrFN2OS/c1-6(10(14)17)5-15-11(16)8-4-7(12)2-3-9(8)13/h2-4,6H,5H2,1H3,(H2,14,17)(H,15,16). The lowest BCUT2D eigenvalue weighted by Gasteiger charge is -2.11. The second-order valence-corrected chi connectivity index (χ2v) is 5.02. The van der Waals surface area contributed by atoms with Crippen LogP contribution in [0.5, 0.6) is 0 Å². The number of nitrogens with two attached hydrogens (primary N) is 1. The van der Waals surface area contributed by atoms with Gasteiger partial charge in [0.05, 0.1) is 10.6 Å². The smallest absolute Gasteiger partial charge is 0.254 e. The molecular weight excluding hydrogens is 307 g/mol. The van der Waals surface area contributed by atoms with Crippen molar-refractivity contribution in [2.45, 2.75) is 6.92 Å². The second-order valence-electron chi connectivity index (χ2n) is 3.64. The largest absolute Gasteiger partial charge is 0.393 e. The highest BCUT2D eigenvalue weighted by Gasteiger charge is 2.13. The van der Waals surface area contributed by atoms with E-state index in [0.717, 1.165) is 0 Å². The maximum atomic E-state index is 13.4. The molecule has 0 saturated carbocycles. The molecule has 17 heavy (non-hydrogen) atoms. The fourth-order valence-electron chi connectivity index (χ4n) is 1.11. The Morgan fingerprint density at radius 1 is 1.65 bits per heavy atom. The first kappa shape index (κ1) is 14.1. The fraction of sp³-hybridized carbons (Fsp3) is 0.273. The van der Waals surface area contributed by atoms with Gasteiger partial charge in [-0.05, 0) is 18.2 Å². The minimum atomic E-state index is -0.561. The quantitative estimate of drug-likeness (QED) is 0.837. The van der Waals surface area contributed by atoms with Gasteiger partial charge in [0.2, 0.25) is 0 Å². The average Bonchev–Trinajstić information content (AvgIpc) is 2.28. The minimum Gasteiger partial charge on any atom is -0.393 e. The number of hydrogen-bond acceptors (Lipinski definition) is 2. The van der Waals surface area contributed by atoms with Crippen LogP contribution in [-0.2, 0) is 0 Å². The van der Waals surface area contributed by atoms with E-state index in [-0.39, 0.29) is 11.5 Å². The molecule has 0 bridgehead atoms. The number of carbonyl (C=O) groups excluding carboxylic acids is 1. The highest BCUT2D eigenvalue weighted by Crippen LogP contribution is 2.15. The normalized spacial score (nSPS) is 11.9. The van der Waals surface area contributed by atoms with Crippen LogP contribution < -0.4 is 11.1 Å². The number of nitrogens with one attached hydrogen (secondary N) is 1. The topological polar surface area (TPSA) is 55.1 Å². The van der Waals surface area contributed by atoms with E-state index < -0.39 is 11.7 Å².